The van der Waals surface area contributed by atoms with Gasteiger partial charge in [-0.05, 0) is 18.2 Å². The zero-order chi connectivity index (χ0) is 16.1. The van der Waals surface area contributed by atoms with Crippen LogP contribution in [0.4, 0.5) is 4.79 Å². The van der Waals surface area contributed by atoms with Crippen LogP contribution >= 0.6 is 0 Å². The number of rotatable bonds is 4. The number of aromatic nitrogens is 1. The number of benzene rings is 1. The van der Waals surface area contributed by atoms with Gasteiger partial charge in [0.05, 0.1) is 0 Å². The molecule has 3 rings (SSSR count). The molecule has 0 spiro atoms. The maximum Gasteiger partial charge on any atom is 0.407 e. The maximum absolute atomic E-state index is 10.9. The first-order valence-electron chi connectivity index (χ1n) is 7.54. The molecule has 23 heavy (non-hydrogen) atoms. The molecule has 0 radical (unpaired) electrons. The Morgan fingerprint density at radius 3 is 2.61 bits per heavy atom. The van der Waals surface area contributed by atoms with E-state index in [0.717, 1.165) is 0 Å². The Hall–Kier alpha value is -2.76. The highest BCUT2D eigenvalue weighted by atomic mass is 16.5. The molecule has 1 N–H and O–H groups in total. The lowest BCUT2D eigenvalue weighted by atomic mass is 10.1. The van der Waals surface area contributed by atoms with Crippen LogP contribution in [0.2, 0.25) is 0 Å². The molecule has 6 heteroatoms. The molecule has 1 aliphatic heterocycles. The van der Waals surface area contributed by atoms with Crippen LogP contribution in [0.5, 0.6) is 17.4 Å². The van der Waals surface area contributed by atoms with Crippen molar-refractivity contribution in [2.75, 3.05) is 13.1 Å². The van der Waals surface area contributed by atoms with Crippen LogP contribution < -0.4 is 9.47 Å². The van der Waals surface area contributed by atoms with Gasteiger partial charge in [0, 0.05) is 44.3 Å². The topological polar surface area (TPSA) is 71.9 Å². The first-order chi connectivity index (χ1) is 11.2. The molecule has 2 heterocycles. The van der Waals surface area contributed by atoms with Gasteiger partial charge in [-0.3, -0.25) is 0 Å². The highest BCUT2D eigenvalue weighted by Gasteiger charge is 2.23. The molecule has 0 saturated carbocycles. The van der Waals surface area contributed by atoms with Crippen LogP contribution in [0.3, 0.4) is 0 Å². The van der Waals surface area contributed by atoms with E-state index in [1.165, 1.54) is 4.90 Å². The van der Waals surface area contributed by atoms with Crippen LogP contribution in [-0.4, -0.2) is 40.3 Å². The Kier molecular flexibility index (Phi) is 4.61. The standard InChI is InChI=1S/C17H18N2O4/c20-17(21)19-10-7-13(8-11-19)22-14-4-3-5-15(12-14)23-16-6-1-2-9-18-16/h1-6,9,12-13H,7-8,10-11H2,(H,20,21). The van der Waals surface area contributed by atoms with Crippen LogP contribution in [0, 0.1) is 0 Å². The van der Waals surface area contributed by atoms with Gasteiger partial charge < -0.3 is 19.5 Å². The summed E-state index contributed by atoms with van der Waals surface area (Å²) in [6.45, 7) is 1.01. The van der Waals surface area contributed by atoms with E-state index in [9.17, 15) is 4.79 Å². The normalized spacial score (nSPS) is 15.2. The number of likely N-dealkylation sites (tertiary alicyclic amines) is 1. The van der Waals surface area contributed by atoms with Crippen molar-refractivity contribution in [3.8, 4) is 17.4 Å². The lowest BCUT2D eigenvalue weighted by Gasteiger charge is -2.30. The molecule has 1 amide bonds. The van der Waals surface area contributed by atoms with E-state index < -0.39 is 6.09 Å². The quantitative estimate of drug-likeness (QED) is 0.936. The van der Waals surface area contributed by atoms with Gasteiger partial charge in [0.1, 0.15) is 17.6 Å². The number of hydrogen-bond acceptors (Lipinski definition) is 4. The van der Waals surface area contributed by atoms with Crippen molar-refractivity contribution in [3.63, 3.8) is 0 Å². The number of piperidine rings is 1. The second kappa shape index (κ2) is 7.00. The molecule has 1 aromatic carbocycles. The fourth-order valence-electron chi connectivity index (χ4n) is 2.50. The summed E-state index contributed by atoms with van der Waals surface area (Å²) in [7, 11) is 0. The fraction of sp³-hybridized carbons (Fsp3) is 0.294. The zero-order valence-electron chi connectivity index (χ0n) is 12.6. The summed E-state index contributed by atoms with van der Waals surface area (Å²) in [5, 5.41) is 8.95. The average molecular weight is 314 g/mol. The summed E-state index contributed by atoms with van der Waals surface area (Å²) in [6, 6.07) is 12.9. The van der Waals surface area contributed by atoms with Gasteiger partial charge in [-0.15, -0.1) is 0 Å². The first kappa shape index (κ1) is 15.1. The first-order valence-corrected chi connectivity index (χ1v) is 7.54. The molecule has 6 nitrogen and oxygen atoms in total. The smallest absolute Gasteiger partial charge is 0.407 e. The molecule has 0 aliphatic carbocycles. The predicted octanol–water partition coefficient (Wildman–Crippen LogP) is 3.40. The lowest BCUT2D eigenvalue weighted by molar-refractivity contribution is 0.0894. The number of amides is 1. The van der Waals surface area contributed by atoms with Crippen LogP contribution in [0.1, 0.15) is 12.8 Å². The Balaban J connectivity index is 1.59. The number of hydrogen-bond donors (Lipinski definition) is 1. The van der Waals surface area contributed by atoms with Crippen molar-refractivity contribution in [3.05, 3.63) is 48.7 Å². The minimum Gasteiger partial charge on any atom is -0.490 e. The van der Waals surface area contributed by atoms with Gasteiger partial charge in [-0.2, -0.15) is 0 Å². The monoisotopic (exact) mass is 314 g/mol. The highest BCUT2D eigenvalue weighted by Crippen LogP contribution is 2.26. The molecule has 1 aliphatic rings. The molecule has 120 valence electrons. The predicted molar refractivity (Wildman–Crippen MR) is 84.0 cm³/mol. The van der Waals surface area contributed by atoms with Gasteiger partial charge in [0.25, 0.3) is 0 Å². The van der Waals surface area contributed by atoms with Crippen molar-refractivity contribution < 1.29 is 19.4 Å². The van der Waals surface area contributed by atoms with E-state index in [2.05, 4.69) is 4.98 Å². The third-order valence-corrected chi connectivity index (χ3v) is 3.68. The summed E-state index contributed by atoms with van der Waals surface area (Å²) in [5.74, 6) is 1.90. The van der Waals surface area contributed by atoms with Crippen molar-refractivity contribution in [1.82, 2.24) is 9.88 Å². The molecule has 1 saturated heterocycles. The van der Waals surface area contributed by atoms with E-state index in [1.807, 2.05) is 36.4 Å². The van der Waals surface area contributed by atoms with E-state index in [4.69, 9.17) is 14.6 Å². The average Bonchev–Trinajstić information content (AvgIpc) is 2.57. The van der Waals surface area contributed by atoms with Gasteiger partial charge >= 0.3 is 6.09 Å². The molecule has 2 aromatic rings. The SMILES string of the molecule is O=C(O)N1CCC(Oc2cccc(Oc3ccccn3)c2)CC1. The summed E-state index contributed by atoms with van der Waals surface area (Å²) >= 11 is 0. The van der Waals surface area contributed by atoms with Crippen molar-refractivity contribution in [2.24, 2.45) is 0 Å². The number of nitrogens with zero attached hydrogens (tertiary/aromatic N) is 2. The van der Waals surface area contributed by atoms with E-state index in [0.29, 0.717) is 43.3 Å². The summed E-state index contributed by atoms with van der Waals surface area (Å²) in [5.41, 5.74) is 0. The second-order valence-corrected chi connectivity index (χ2v) is 5.33. The van der Waals surface area contributed by atoms with E-state index in [1.54, 1.807) is 12.3 Å². The molecule has 1 fully saturated rings. The number of carbonyl (C=O) groups is 1. The van der Waals surface area contributed by atoms with Gasteiger partial charge in [-0.25, -0.2) is 9.78 Å². The summed E-state index contributed by atoms with van der Waals surface area (Å²) in [6.07, 6.45) is 2.21. The Labute approximate surface area is 134 Å². The molecular weight excluding hydrogens is 296 g/mol. The van der Waals surface area contributed by atoms with Gasteiger partial charge in [0.15, 0.2) is 0 Å². The Morgan fingerprint density at radius 2 is 1.91 bits per heavy atom. The third-order valence-electron chi connectivity index (χ3n) is 3.68. The van der Waals surface area contributed by atoms with Crippen LogP contribution in [-0.2, 0) is 0 Å². The van der Waals surface area contributed by atoms with E-state index >= 15 is 0 Å². The third kappa shape index (κ3) is 4.12. The fourth-order valence-corrected chi connectivity index (χ4v) is 2.50. The molecule has 0 atom stereocenters. The van der Waals surface area contributed by atoms with Crippen LogP contribution in [0.25, 0.3) is 0 Å². The lowest BCUT2D eigenvalue weighted by Crippen LogP contribution is -2.41. The molecule has 1 aromatic heterocycles. The van der Waals surface area contributed by atoms with Gasteiger partial charge in [0.2, 0.25) is 5.88 Å². The van der Waals surface area contributed by atoms with E-state index in [-0.39, 0.29) is 6.10 Å². The number of ether oxygens (including phenoxy) is 2. The largest absolute Gasteiger partial charge is 0.490 e. The van der Waals surface area contributed by atoms with Crippen molar-refractivity contribution in [2.45, 2.75) is 18.9 Å². The minimum atomic E-state index is -0.866. The maximum atomic E-state index is 10.9. The number of pyridine rings is 1. The minimum absolute atomic E-state index is 0.0238. The Bertz CT molecular complexity index is 655. The molecular formula is C17H18N2O4. The van der Waals surface area contributed by atoms with Crippen LogP contribution in [0.15, 0.2) is 48.7 Å². The zero-order valence-corrected chi connectivity index (χ0v) is 12.6. The second-order valence-electron chi connectivity index (χ2n) is 5.33. The molecule has 0 unspecified atom stereocenters. The van der Waals surface area contributed by atoms with Crippen molar-refractivity contribution >= 4 is 6.09 Å². The summed E-state index contributed by atoms with van der Waals surface area (Å²) in [4.78, 5) is 16.4. The van der Waals surface area contributed by atoms with Crippen molar-refractivity contribution in [1.29, 1.82) is 0 Å². The highest BCUT2D eigenvalue weighted by molar-refractivity contribution is 5.65. The summed E-state index contributed by atoms with van der Waals surface area (Å²) < 4.78 is 11.6. The van der Waals surface area contributed by atoms with Gasteiger partial charge in [-0.1, -0.05) is 12.1 Å². The number of carboxylic acid groups (broad SMARTS) is 1. The Morgan fingerprint density at radius 1 is 1.13 bits per heavy atom. The molecule has 0 bridgehead atoms.